The summed E-state index contributed by atoms with van der Waals surface area (Å²) in [4.78, 5) is 2.45. The van der Waals surface area contributed by atoms with Crippen LogP contribution in [0.2, 0.25) is 0 Å². The zero-order chi connectivity index (χ0) is 27.3. The Morgan fingerprint density at radius 2 is 1.43 bits per heavy atom. The van der Waals surface area contributed by atoms with E-state index in [0.29, 0.717) is 6.04 Å². The van der Waals surface area contributed by atoms with Crippen molar-refractivity contribution in [3.05, 3.63) is 151 Å². The molecule has 0 saturated carbocycles. The third-order valence-corrected chi connectivity index (χ3v) is 7.83. The van der Waals surface area contributed by atoms with Gasteiger partial charge in [-0.1, -0.05) is 110 Å². The maximum atomic E-state index is 2.45. The Hall–Kier alpha value is -4.56. The van der Waals surface area contributed by atoms with E-state index in [0.717, 1.165) is 19.3 Å². The van der Waals surface area contributed by atoms with Gasteiger partial charge in [0.25, 0.3) is 0 Å². The highest BCUT2D eigenvalue weighted by Gasteiger charge is 2.18. The predicted octanol–water partition coefficient (Wildman–Crippen LogP) is 10.3. The van der Waals surface area contributed by atoms with Gasteiger partial charge < -0.3 is 9.47 Å². The number of fused-ring (bicyclic) bond motifs is 3. The number of allylic oxidation sites excluding steroid dienone is 6. The van der Waals surface area contributed by atoms with Crippen molar-refractivity contribution in [2.45, 2.75) is 39.2 Å². The molecule has 1 atom stereocenters. The molecule has 0 radical (unpaired) electrons. The quantitative estimate of drug-likeness (QED) is 0.185. The fourth-order valence-electron chi connectivity index (χ4n) is 5.92. The average molecular weight is 521 g/mol. The largest absolute Gasteiger partial charge is 0.338 e. The summed E-state index contributed by atoms with van der Waals surface area (Å²) in [7, 11) is 0. The van der Waals surface area contributed by atoms with Crippen molar-refractivity contribution in [2.24, 2.45) is 0 Å². The van der Waals surface area contributed by atoms with E-state index in [9.17, 15) is 0 Å². The molecule has 2 nitrogen and oxygen atoms in total. The van der Waals surface area contributed by atoms with Crippen LogP contribution in [0.15, 0.2) is 145 Å². The molecule has 1 aromatic heterocycles. The van der Waals surface area contributed by atoms with Gasteiger partial charge in [0.15, 0.2) is 0 Å². The second-order valence-electron chi connectivity index (χ2n) is 10.5. The highest BCUT2D eigenvalue weighted by molar-refractivity contribution is 6.09. The number of aromatic nitrogens is 1. The Morgan fingerprint density at radius 3 is 2.05 bits per heavy atom. The number of hydrogen-bond acceptors (Lipinski definition) is 1. The molecule has 0 spiro atoms. The fraction of sp³-hybridized carbons (Fsp3) is 0.158. The van der Waals surface area contributed by atoms with Crippen molar-refractivity contribution < 1.29 is 0 Å². The van der Waals surface area contributed by atoms with Gasteiger partial charge in [0.1, 0.15) is 0 Å². The molecule has 4 aromatic carbocycles. The van der Waals surface area contributed by atoms with Crippen molar-refractivity contribution in [1.82, 2.24) is 4.57 Å². The van der Waals surface area contributed by atoms with Crippen LogP contribution in [0.25, 0.3) is 33.1 Å². The van der Waals surface area contributed by atoms with Gasteiger partial charge >= 0.3 is 0 Å². The summed E-state index contributed by atoms with van der Waals surface area (Å²) in [6.45, 7) is 4.48. The lowest BCUT2D eigenvalue weighted by atomic mass is 10.00. The molecule has 1 heterocycles. The van der Waals surface area contributed by atoms with Crippen LogP contribution in [0, 0.1) is 0 Å². The molecular formula is C38H36N2. The van der Waals surface area contributed by atoms with Crippen LogP contribution in [0.5, 0.6) is 0 Å². The van der Waals surface area contributed by atoms with Gasteiger partial charge in [-0.05, 0) is 73.4 Å². The highest BCUT2D eigenvalue weighted by Crippen LogP contribution is 2.33. The van der Waals surface area contributed by atoms with Crippen molar-refractivity contribution in [3.63, 3.8) is 0 Å². The zero-order valence-corrected chi connectivity index (χ0v) is 23.4. The van der Waals surface area contributed by atoms with Gasteiger partial charge in [-0.3, -0.25) is 0 Å². The second-order valence-corrected chi connectivity index (χ2v) is 10.5. The molecule has 1 aliphatic rings. The first kappa shape index (κ1) is 25.7. The number of hydrogen-bond donors (Lipinski definition) is 0. The van der Waals surface area contributed by atoms with Gasteiger partial charge in [0, 0.05) is 27.8 Å². The summed E-state index contributed by atoms with van der Waals surface area (Å²) in [5, 5.41) is 2.58. The Balaban J connectivity index is 1.35. The van der Waals surface area contributed by atoms with E-state index < -0.39 is 0 Å². The molecule has 2 heteroatoms. The van der Waals surface area contributed by atoms with Gasteiger partial charge in [0.05, 0.1) is 17.1 Å². The maximum absolute atomic E-state index is 2.45. The minimum Gasteiger partial charge on any atom is -0.338 e. The third kappa shape index (κ3) is 5.05. The number of benzene rings is 4. The van der Waals surface area contributed by atoms with E-state index in [1.807, 2.05) is 0 Å². The molecule has 40 heavy (non-hydrogen) atoms. The minimum atomic E-state index is 0.317. The van der Waals surface area contributed by atoms with E-state index in [2.05, 4.69) is 163 Å². The summed E-state index contributed by atoms with van der Waals surface area (Å²) in [6, 6.07) is 37.5. The van der Waals surface area contributed by atoms with Crippen LogP contribution < -0.4 is 4.90 Å². The van der Waals surface area contributed by atoms with Crippen molar-refractivity contribution in [3.8, 4) is 5.69 Å². The predicted molar refractivity (Wildman–Crippen MR) is 173 cm³/mol. The van der Waals surface area contributed by atoms with Crippen LogP contribution in [-0.2, 0) is 0 Å². The van der Waals surface area contributed by atoms with Crippen LogP contribution in [0.3, 0.4) is 0 Å². The first-order valence-electron chi connectivity index (χ1n) is 14.4. The summed E-state index contributed by atoms with van der Waals surface area (Å²) in [5.74, 6) is 0. The van der Waals surface area contributed by atoms with Crippen LogP contribution in [0.4, 0.5) is 5.69 Å². The lowest BCUT2D eigenvalue weighted by molar-refractivity contribution is 0.752. The van der Waals surface area contributed by atoms with Crippen molar-refractivity contribution >= 4 is 33.1 Å². The molecular weight excluding hydrogens is 484 g/mol. The number of anilines is 1. The molecule has 0 N–H and O–H groups in total. The Kier molecular flexibility index (Phi) is 7.50. The van der Waals surface area contributed by atoms with Crippen molar-refractivity contribution in [1.29, 1.82) is 0 Å². The summed E-state index contributed by atoms with van der Waals surface area (Å²) in [5.41, 5.74) is 8.79. The Morgan fingerprint density at radius 1 is 0.775 bits per heavy atom. The van der Waals surface area contributed by atoms with Crippen LogP contribution in [-0.4, -0.2) is 10.6 Å². The van der Waals surface area contributed by atoms with Gasteiger partial charge in [-0.15, -0.1) is 0 Å². The third-order valence-electron chi connectivity index (χ3n) is 7.83. The van der Waals surface area contributed by atoms with Gasteiger partial charge in [-0.25, -0.2) is 0 Å². The van der Waals surface area contributed by atoms with E-state index >= 15 is 0 Å². The first-order valence-corrected chi connectivity index (χ1v) is 14.4. The lowest BCUT2D eigenvalue weighted by Gasteiger charge is -2.33. The molecule has 5 aromatic rings. The van der Waals surface area contributed by atoms with Crippen molar-refractivity contribution in [2.75, 3.05) is 4.90 Å². The maximum Gasteiger partial charge on any atom is 0.0556 e. The summed E-state index contributed by atoms with van der Waals surface area (Å²) >= 11 is 0. The summed E-state index contributed by atoms with van der Waals surface area (Å²) < 4.78 is 2.38. The molecule has 6 rings (SSSR count). The summed E-state index contributed by atoms with van der Waals surface area (Å²) in [6.07, 6.45) is 16.6. The smallest absolute Gasteiger partial charge is 0.0556 e. The number of rotatable bonds is 8. The molecule has 0 saturated heterocycles. The Bertz CT molecular complexity index is 1680. The van der Waals surface area contributed by atoms with Gasteiger partial charge in [-0.2, -0.15) is 0 Å². The van der Waals surface area contributed by atoms with Gasteiger partial charge in [0.2, 0.25) is 0 Å². The van der Waals surface area contributed by atoms with E-state index in [1.54, 1.807) is 0 Å². The SMILES string of the molecule is CCC/C(=C\C=C(/C)N(c1ccccc1)C1C=CC=CC1)c1ccc(-n2c3ccccc3c3ccccc32)cc1. The molecule has 1 unspecified atom stereocenters. The molecule has 198 valence electrons. The Labute approximate surface area is 237 Å². The minimum absolute atomic E-state index is 0.317. The lowest BCUT2D eigenvalue weighted by Crippen LogP contribution is -2.32. The standard InChI is InChI=1S/C38H36N2/c1-3-14-30(24-23-29(2)39(32-15-6-4-7-16-32)33-17-8-5-9-18-33)31-25-27-34(28-26-31)40-37-21-12-10-19-35(37)36-20-11-13-22-38(36)40/h4-13,15-17,19-28,33H,3,14,18H2,1-2H3/b29-23+,30-24+. The van der Waals surface area contributed by atoms with Crippen LogP contribution in [0.1, 0.15) is 38.7 Å². The first-order chi connectivity index (χ1) is 19.7. The van der Waals surface area contributed by atoms with E-state index in [1.165, 1.54) is 50.0 Å². The molecule has 0 fully saturated rings. The van der Waals surface area contributed by atoms with E-state index in [4.69, 9.17) is 0 Å². The fourth-order valence-corrected chi connectivity index (χ4v) is 5.92. The molecule has 0 aliphatic heterocycles. The second kappa shape index (κ2) is 11.7. The highest BCUT2D eigenvalue weighted by atomic mass is 15.2. The topological polar surface area (TPSA) is 8.17 Å². The molecule has 0 amide bonds. The normalized spacial score (nSPS) is 15.7. The zero-order valence-electron chi connectivity index (χ0n) is 23.4. The number of para-hydroxylation sites is 3. The molecule has 0 bridgehead atoms. The van der Waals surface area contributed by atoms with E-state index in [-0.39, 0.29) is 0 Å². The number of nitrogens with zero attached hydrogens (tertiary/aromatic N) is 2. The van der Waals surface area contributed by atoms with Crippen LogP contribution >= 0.6 is 0 Å². The monoisotopic (exact) mass is 520 g/mol. The average Bonchev–Trinajstić information content (AvgIpc) is 3.35. The molecule has 1 aliphatic carbocycles.